The number of methoxy groups -OCH3 is 2. The number of benzene rings is 1. The number of nitrogens with two attached hydrogens (primary N) is 1. The van der Waals surface area contributed by atoms with Gasteiger partial charge in [0.15, 0.2) is 17.3 Å². The first-order chi connectivity index (χ1) is 7.65. The lowest BCUT2D eigenvalue weighted by Gasteiger charge is -2.12. The van der Waals surface area contributed by atoms with Crippen molar-refractivity contribution in [1.29, 1.82) is 0 Å². The molecule has 0 unspecified atom stereocenters. The molecule has 0 saturated carbocycles. The lowest BCUT2D eigenvalue weighted by atomic mass is 10.1. The summed E-state index contributed by atoms with van der Waals surface area (Å²) in [6.45, 7) is 0.375. The third kappa shape index (κ3) is 2.46. The van der Waals surface area contributed by atoms with Crippen LogP contribution in [0.5, 0.6) is 11.5 Å². The molecule has 1 aromatic rings. The number of rotatable bonds is 4. The van der Waals surface area contributed by atoms with Crippen molar-refractivity contribution in [3.05, 3.63) is 28.5 Å². The molecule has 0 bridgehead atoms. The molecule has 0 heterocycles. The van der Waals surface area contributed by atoms with Gasteiger partial charge in [-0.25, -0.2) is 4.39 Å². The molecule has 0 fully saturated rings. The number of hydrogen-bond acceptors (Lipinski definition) is 3. The fraction of sp³-hybridized carbons (Fsp3) is 0.273. The van der Waals surface area contributed by atoms with E-state index in [0.29, 0.717) is 17.9 Å². The Hall–Kier alpha value is -1.26. The molecule has 0 saturated heterocycles. The highest BCUT2D eigenvalue weighted by molar-refractivity contribution is 6.31. The van der Waals surface area contributed by atoms with Crippen LogP contribution in [-0.2, 0) is 0 Å². The molecule has 88 valence electrons. The summed E-state index contributed by atoms with van der Waals surface area (Å²) in [6.07, 6.45) is 3.41. The minimum Gasteiger partial charge on any atom is -0.492 e. The van der Waals surface area contributed by atoms with Crippen molar-refractivity contribution < 1.29 is 13.9 Å². The Labute approximate surface area is 98.6 Å². The van der Waals surface area contributed by atoms with E-state index < -0.39 is 5.82 Å². The van der Waals surface area contributed by atoms with Crippen molar-refractivity contribution in [3.63, 3.8) is 0 Å². The molecule has 1 rings (SSSR count). The highest BCUT2D eigenvalue weighted by Crippen LogP contribution is 2.38. The van der Waals surface area contributed by atoms with Crippen LogP contribution in [0.4, 0.5) is 4.39 Å². The van der Waals surface area contributed by atoms with Crippen LogP contribution >= 0.6 is 11.6 Å². The molecule has 0 atom stereocenters. The Balaban J connectivity index is 3.37. The van der Waals surface area contributed by atoms with E-state index in [0.717, 1.165) is 0 Å². The maximum atomic E-state index is 13.6. The summed E-state index contributed by atoms with van der Waals surface area (Å²) in [5.74, 6) is -0.341. The van der Waals surface area contributed by atoms with Gasteiger partial charge in [-0.15, -0.1) is 0 Å². The molecular weight excluding hydrogens is 233 g/mol. The smallest absolute Gasteiger partial charge is 0.199 e. The normalized spacial score (nSPS) is 10.8. The van der Waals surface area contributed by atoms with Crippen LogP contribution in [-0.4, -0.2) is 20.8 Å². The van der Waals surface area contributed by atoms with Gasteiger partial charge in [-0.1, -0.05) is 23.8 Å². The molecule has 3 nitrogen and oxygen atoms in total. The van der Waals surface area contributed by atoms with Gasteiger partial charge in [-0.2, -0.15) is 0 Å². The Morgan fingerprint density at radius 3 is 2.50 bits per heavy atom. The van der Waals surface area contributed by atoms with Crippen molar-refractivity contribution in [3.8, 4) is 11.5 Å². The molecule has 1 aromatic carbocycles. The molecular formula is C11H13ClFNO2. The molecule has 0 aliphatic rings. The molecule has 0 amide bonds. The van der Waals surface area contributed by atoms with Crippen LogP contribution in [0, 0.1) is 5.82 Å². The highest BCUT2D eigenvalue weighted by atomic mass is 35.5. The van der Waals surface area contributed by atoms with Gasteiger partial charge in [0.2, 0.25) is 0 Å². The zero-order valence-corrected chi connectivity index (χ0v) is 9.84. The molecule has 0 aliphatic heterocycles. The first-order valence-electron chi connectivity index (χ1n) is 4.62. The van der Waals surface area contributed by atoms with Crippen molar-refractivity contribution in [2.24, 2.45) is 5.73 Å². The van der Waals surface area contributed by atoms with Crippen LogP contribution in [0.2, 0.25) is 5.02 Å². The van der Waals surface area contributed by atoms with Crippen LogP contribution in [0.1, 0.15) is 5.56 Å². The van der Waals surface area contributed by atoms with Gasteiger partial charge >= 0.3 is 0 Å². The number of hydrogen-bond donors (Lipinski definition) is 1. The summed E-state index contributed by atoms with van der Waals surface area (Å²) < 4.78 is 23.6. The topological polar surface area (TPSA) is 44.5 Å². The molecule has 0 aromatic heterocycles. The lowest BCUT2D eigenvalue weighted by molar-refractivity contribution is 0.337. The van der Waals surface area contributed by atoms with Crippen molar-refractivity contribution >= 4 is 17.7 Å². The van der Waals surface area contributed by atoms with E-state index in [9.17, 15) is 4.39 Å². The third-order valence-electron chi connectivity index (χ3n) is 2.00. The largest absolute Gasteiger partial charge is 0.492 e. The second-order valence-corrected chi connectivity index (χ2v) is 3.37. The van der Waals surface area contributed by atoms with E-state index in [-0.39, 0.29) is 10.8 Å². The first-order valence-corrected chi connectivity index (χ1v) is 5.00. The van der Waals surface area contributed by atoms with Gasteiger partial charge < -0.3 is 15.2 Å². The second kappa shape index (κ2) is 5.72. The van der Waals surface area contributed by atoms with E-state index in [2.05, 4.69) is 0 Å². The van der Waals surface area contributed by atoms with E-state index >= 15 is 0 Å². The standard InChI is InChI=1S/C11H13ClFNO2/c1-15-10-7(4-3-5-14)6-8(12)9(13)11(10)16-2/h3-4,6H,5,14H2,1-2H3/b4-3+. The molecule has 16 heavy (non-hydrogen) atoms. The van der Waals surface area contributed by atoms with E-state index in [1.165, 1.54) is 20.3 Å². The van der Waals surface area contributed by atoms with Crippen LogP contribution < -0.4 is 15.2 Å². The Morgan fingerprint density at radius 2 is 2.00 bits per heavy atom. The fourth-order valence-corrected chi connectivity index (χ4v) is 1.52. The van der Waals surface area contributed by atoms with Gasteiger partial charge in [0.25, 0.3) is 0 Å². The van der Waals surface area contributed by atoms with Gasteiger partial charge in [-0.3, -0.25) is 0 Å². The van der Waals surface area contributed by atoms with Crippen molar-refractivity contribution in [1.82, 2.24) is 0 Å². The summed E-state index contributed by atoms with van der Waals surface area (Å²) >= 11 is 5.73. The summed E-state index contributed by atoms with van der Waals surface area (Å²) in [5.41, 5.74) is 5.96. The van der Waals surface area contributed by atoms with Gasteiger partial charge in [0, 0.05) is 12.1 Å². The minimum absolute atomic E-state index is 0.00771. The van der Waals surface area contributed by atoms with Crippen molar-refractivity contribution in [2.45, 2.75) is 0 Å². The quantitative estimate of drug-likeness (QED) is 0.886. The minimum atomic E-state index is -0.633. The molecule has 5 heteroatoms. The van der Waals surface area contributed by atoms with Gasteiger partial charge in [0.05, 0.1) is 19.2 Å². The SMILES string of the molecule is COc1c(/C=C/CN)cc(Cl)c(F)c1OC. The van der Waals surface area contributed by atoms with Crippen LogP contribution in [0.3, 0.4) is 0 Å². The summed E-state index contributed by atoms with van der Waals surface area (Å²) in [7, 11) is 2.79. The van der Waals surface area contributed by atoms with Crippen molar-refractivity contribution in [2.75, 3.05) is 20.8 Å². The summed E-state index contributed by atoms with van der Waals surface area (Å²) in [4.78, 5) is 0. The lowest BCUT2D eigenvalue weighted by Crippen LogP contribution is -1.98. The zero-order valence-electron chi connectivity index (χ0n) is 9.09. The molecule has 0 aliphatic carbocycles. The first kappa shape index (κ1) is 12.8. The van der Waals surface area contributed by atoms with Gasteiger partial charge in [-0.05, 0) is 6.07 Å². The Morgan fingerprint density at radius 1 is 1.38 bits per heavy atom. The van der Waals surface area contributed by atoms with E-state index in [1.807, 2.05) is 0 Å². The number of ether oxygens (including phenoxy) is 2. The Bertz CT molecular complexity index is 407. The number of halogens is 2. The maximum Gasteiger partial charge on any atom is 0.199 e. The van der Waals surface area contributed by atoms with E-state index in [1.54, 1.807) is 12.2 Å². The zero-order chi connectivity index (χ0) is 12.1. The highest BCUT2D eigenvalue weighted by Gasteiger charge is 2.17. The summed E-state index contributed by atoms with van der Waals surface area (Å²) in [5, 5.41) is -0.0191. The summed E-state index contributed by atoms with van der Waals surface area (Å²) in [6, 6.07) is 1.46. The molecule has 0 radical (unpaired) electrons. The fourth-order valence-electron chi connectivity index (χ4n) is 1.32. The monoisotopic (exact) mass is 245 g/mol. The predicted molar refractivity (Wildman–Crippen MR) is 62.6 cm³/mol. The van der Waals surface area contributed by atoms with E-state index in [4.69, 9.17) is 26.8 Å². The average Bonchev–Trinajstić information content (AvgIpc) is 2.29. The second-order valence-electron chi connectivity index (χ2n) is 2.97. The average molecular weight is 246 g/mol. The van der Waals surface area contributed by atoms with Crippen LogP contribution in [0.15, 0.2) is 12.1 Å². The molecule has 0 spiro atoms. The maximum absolute atomic E-state index is 13.6. The van der Waals surface area contributed by atoms with Gasteiger partial charge in [0.1, 0.15) is 0 Å². The predicted octanol–water partition coefficient (Wildman–Crippen LogP) is 2.47. The molecule has 2 N–H and O–H groups in total. The third-order valence-corrected chi connectivity index (χ3v) is 2.28. The van der Waals surface area contributed by atoms with Crippen LogP contribution in [0.25, 0.3) is 6.08 Å². The Kier molecular flexibility index (Phi) is 4.58.